The zero-order chi connectivity index (χ0) is 58.0. The Bertz CT molecular complexity index is 3000. The van der Waals surface area contributed by atoms with Crippen molar-refractivity contribution in [1.29, 1.82) is 0 Å². The van der Waals surface area contributed by atoms with Crippen LogP contribution in [0.3, 0.4) is 0 Å². The molecule has 0 fully saturated rings. The van der Waals surface area contributed by atoms with Gasteiger partial charge in [-0.2, -0.15) is 0 Å². The Morgan fingerprint density at radius 2 is 0.886 bits per heavy atom. The van der Waals surface area contributed by atoms with E-state index in [4.69, 9.17) is 39.5 Å². The largest absolute Gasteiger partial charge is 0.519 e. The SMILES string of the molecule is CC.COc1cc(C2(c3ccc(C)c(OC(=O)Oc4ccccc4CCC[Si](C)(O[Si](C)(C)C)O[Si](C)(C)O[Si](C)(CCCc4ccccc4OC=O)O[Si](C)(C)O[Si](C)(C)C)c3)c3ccccc3-c3ccccc32)ccc1C. The third-order valence-corrected chi connectivity index (χ3v) is 35.7. The molecule has 0 heterocycles. The fourth-order valence-electron chi connectivity index (χ4n) is 11.3. The Kier molecular flexibility index (Phi) is 21.0. The maximum atomic E-state index is 14.1. The molecule has 0 radical (unpaired) electrons. The molecule has 0 saturated carbocycles. The number of methoxy groups -OCH3 is 1. The van der Waals surface area contributed by atoms with Gasteiger partial charge >= 0.3 is 40.4 Å². The second-order valence-corrected chi connectivity index (χ2v) is 47.1. The molecule has 0 spiro atoms. The summed E-state index contributed by atoms with van der Waals surface area (Å²) in [6.45, 7) is 34.4. The molecule has 6 aromatic rings. The molecule has 1 aliphatic rings. The van der Waals surface area contributed by atoms with Gasteiger partial charge in [0.2, 0.25) is 0 Å². The average Bonchev–Trinajstić information content (AvgIpc) is 3.76. The van der Waals surface area contributed by atoms with Crippen molar-refractivity contribution in [2.24, 2.45) is 0 Å². The van der Waals surface area contributed by atoms with Gasteiger partial charge in [-0.1, -0.05) is 123 Å². The van der Waals surface area contributed by atoms with Crippen molar-refractivity contribution < 1.29 is 49.1 Å². The highest BCUT2D eigenvalue weighted by atomic mass is 28.5. The Morgan fingerprint density at radius 1 is 0.481 bits per heavy atom. The van der Waals surface area contributed by atoms with Crippen molar-refractivity contribution in [2.45, 2.75) is 149 Å². The lowest BCUT2D eigenvalue weighted by molar-refractivity contribution is -0.120. The third-order valence-electron chi connectivity index (χ3n) is 13.5. The molecule has 11 nitrogen and oxygen atoms in total. The highest BCUT2D eigenvalue weighted by molar-refractivity contribution is 6.91. The average molecular weight is 1180 g/mol. The van der Waals surface area contributed by atoms with E-state index in [1.807, 2.05) is 88.4 Å². The molecular formula is C62H86O11Si6. The molecule has 0 bridgehead atoms. The van der Waals surface area contributed by atoms with E-state index in [1.165, 1.54) is 0 Å². The summed E-state index contributed by atoms with van der Waals surface area (Å²) in [6.07, 6.45) is 1.97. The summed E-state index contributed by atoms with van der Waals surface area (Å²) >= 11 is 0. The summed E-state index contributed by atoms with van der Waals surface area (Å²) in [5.74, 6) is 2.21. The van der Waals surface area contributed by atoms with Crippen molar-refractivity contribution in [2.75, 3.05) is 7.11 Å². The fourth-order valence-corrected chi connectivity index (χ4v) is 40.3. The van der Waals surface area contributed by atoms with Gasteiger partial charge in [0.1, 0.15) is 23.0 Å². The van der Waals surface area contributed by atoms with Crippen LogP contribution in [0.25, 0.3) is 11.1 Å². The zero-order valence-corrected chi connectivity index (χ0v) is 56.0. The maximum Gasteiger partial charge on any atom is 0.519 e. The predicted molar refractivity (Wildman–Crippen MR) is 334 cm³/mol. The quantitative estimate of drug-likeness (QED) is 0.0236. The van der Waals surface area contributed by atoms with Crippen molar-refractivity contribution in [3.05, 3.63) is 178 Å². The van der Waals surface area contributed by atoms with Gasteiger partial charge in [-0.15, -0.1) is 0 Å². The molecule has 0 saturated heterocycles. The zero-order valence-electron chi connectivity index (χ0n) is 50.0. The number of para-hydroxylation sites is 2. The summed E-state index contributed by atoms with van der Waals surface area (Å²) in [5.41, 5.74) is 9.50. The summed E-state index contributed by atoms with van der Waals surface area (Å²) in [6, 6.07) is 46.3. The molecule has 0 aliphatic heterocycles. The number of aryl methyl sites for hydroxylation is 4. The molecule has 0 aromatic heterocycles. The number of carbonyl (C=O) groups is 2. The Morgan fingerprint density at radius 3 is 1.38 bits per heavy atom. The summed E-state index contributed by atoms with van der Waals surface area (Å²) in [7, 11) is -13.9. The van der Waals surface area contributed by atoms with Gasteiger partial charge in [-0.3, -0.25) is 4.79 Å². The molecule has 6 aromatic carbocycles. The lowest BCUT2D eigenvalue weighted by Gasteiger charge is -2.44. The number of fused-ring (bicyclic) bond motifs is 3. The van der Waals surface area contributed by atoms with Crippen LogP contribution in [-0.4, -0.2) is 70.6 Å². The first-order valence-corrected chi connectivity index (χ1v) is 45.3. The van der Waals surface area contributed by atoms with Crippen LogP contribution in [0.5, 0.6) is 23.0 Å². The van der Waals surface area contributed by atoms with E-state index < -0.39 is 62.4 Å². The van der Waals surface area contributed by atoms with Crippen molar-refractivity contribution in [3.8, 4) is 34.1 Å². The number of rotatable bonds is 25. The minimum absolute atomic E-state index is 0.412. The first-order valence-electron chi connectivity index (χ1n) is 27.8. The van der Waals surface area contributed by atoms with Gasteiger partial charge in [-0.05, 0) is 210 Å². The lowest BCUT2D eigenvalue weighted by Crippen LogP contribution is -2.61. The van der Waals surface area contributed by atoms with E-state index >= 15 is 0 Å². The van der Waals surface area contributed by atoms with E-state index in [2.05, 4.69) is 151 Å². The predicted octanol–water partition coefficient (Wildman–Crippen LogP) is 16.7. The molecule has 2 unspecified atom stereocenters. The van der Waals surface area contributed by atoms with Gasteiger partial charge in [0.25, 0.3) is 6.47 Å². The Balaban J connectivity index is 0.00000498. The van der Waals surface area contributed by atoms with Crippen LogP contribution < -0.4 is 18.9 Å². The van der Waals surface area contributed by atoms with Gasteiger partial charge in [-0.25, -0.2) is 4.79 Å². The van der Waals surface area contributed by atoms with E-state index in [9.17, 15) is 9.59 Å². The summed E-state index contributed by atoms with van der Waals surface area (Å²) in [5, 5.41) is 0. The summed E-state index contributed by atoms with van der Waals surface area (Å²) < 4.78 is 59.1. The first-order chi connectivity index (χ1) is 37.2. The Labute approximate surface area is 478 Å². The van der Waals surface area contributed by atoms with Gasteiger partial charge in [0.15, 0.2) is 16.6 Å². The van der Waals surface area contributed by atoms with Crippen LogP contribution in [0, 0.1) is 13.8 Å². The number of benzene rings is 6. The van der Waals surface area contributed by atoms with Crippen LogP contribution in [-0.2, 0) is 43.6 Å². The van der Waals surface area contributed by atoms with Crippen LogP contribution >= 0.6 is 0 Å². The second kappa shape index (κ2) is 26.3. The lowest BCUT2D eigenvalue weighted by atomic mass is 9.67. The molecule has 1 aliphatic carbocycles. The van der Waals surface area contributed by atoms with E-state index in [0.717, 1.165) is 74.2 Å². The van der Waals surface area contributed by atoms with Crippen LogP contribution in [0.2, 0.25) is 90.7 Å². The molecule has 79 heavy (non-hydrogen) atoms. The van der Waals surface area contributed by atoms with Crippen molar-refractivity contribution in [3.63, 3.8) is 0 Å². The molecule has 0 N–H and O–H groups in total. The number of hydrogen-bond donors (Lipinski definition) is 0. The normalized spacial score (nSPS) is 14.6. The Hall–Kier alpha value is -5.04. The van der Waals surface area contributed by atoms with Crippen molar-refractivity contribution >= 4 is 63.5 Å². The van der Waals surface area contributed by atoms with Gasteiger partial charge < -0.3 is 39.5 Å². The molecule has 424 valence electrons. The first kappa shape index (κ1) is 63.1. The fraction of sp³-hybridized carbons (Fsp3) is 0.387. The molecular weight excluding hydrogens is 1090 g/mol. The smallest absolute Gasteiger partial charge is 0.496 e. The van der Waals surface area contributed by atoms with Gasteiger partial charge in [0.05, 0.1) is 12.5 Å². The van der Waals surface area contributed by atoms with Gasteiger partial charge in [0, 0.05) is 0 Å². The van der Waals surface area contributed by atoms with Crippen LogP contribution in [0.4, 0.5) is 4.79 Å². The van der Waals surface area contributed by atoms with Crippen LogP contribution in [0.1, 0.15) is 71.2 Å². The standard InChI is InChI=1S/C60H80O11Si6.C2H6/c1-45-36-38-49(42-57(45)63-3)60(53-32-20-18-30-51(53)52-31-19-21-33-54(52)60)50-39-37-46(2)58(43-50)66-59(62)65-56-35-23-17-27-48(56)29-25-40-76(14,68-73(7,8)9)70-75(12,13)71-77(15,69-74(10,11)67-72(4,5)6)41-24-28-47-26-16-22-34-55(47)64-44-61;1-2/h16-23,26-27,30-39,42-44H,24-25,28-29,40-41H2,1-15H3;1-2H3. The minimum atomic E-state index is -2.97. The minimum Gasteiger partial charge on any atom is -0.496 e. The van der Waals surface area contributed by atoms with E-state index in [0.29, 0.717) is 48.7 Å². The summed E-state index contributed by atoms with van der Waals surface area (Å²) in [4.78, 5) is 25.3. The topological polar surface area (TPSA) is 117 Å². The molecule has 2 atom stereocenters. The van der Waals surface area contributed by atoms with E-state index in [1.54, 1.807) is 7.11 Å². The third kappa shape index (κ3) is 16.3. The maximum absolute atomic E-state index is 14.1. The molecule has 17 heteroatoms. The van der Waals surface area contributed by atoms with Crippen LogP contribution in [0.15, 0.2) is 133 Å². The number of hydrogen-bond acceptors (Lipinski definition) is 11. The van der Waals surface area contributed by atoms with E-state index in [-0.39, 0.29) is 0 Å². The van der Waals surface area contributed by atoms with Crippen molar-refractivity contribution in [1.82, 2.24) is 0 Å². The molecule has 0 amide bonds. The highest BCUT2D eigenvalue weighted by Gasteiger charge is 2.50. The molecule has 7 rings (SSSR count). The number of carbonyl (C=O) groups excluding carboxylic acids is 2. The number of ether oxygens (including phenoxy) is 4. The second-order valence-electron chi connectivity index (χ2n) is 23.4. The highest BCUT2D eigenvalue weighted by Crippen LogP contribution is 2.57. The monoisotopic (exact) mass is 1170 g/mol.